The number of carbonyl (C=O) groups is 1. The number of hydrogen-bond acceptors (Lipinski definition) is 3. The Morgan fingerprint density at radius 1 is 0.929 bits per heavy atom. The fourth-order valence-corrected chi connectivity index (χ4v) is 3.76. The SMILES string of the molecule is CCCCOc1ccc(C(=O)Oc2ccc(CCC3CCCCC3)cc2)cc1. The van der Waals surface area contributed by atoms with Gasteiger partial charge in [0.05, 0.1) is 12.2 Å². The molecule has 0 saturated heterocycles. The van der Waals surface area contributed by atoms with Crippen LogP contribution in [0, 0.1) is 5.92 Å². The lowest BCUT2D eigenvalue weighted by Gasteiger charge is -2.21. The summed E-state index contributed by atoms with van der Waals surface area (Å²) in [5.74, 6) is 1.93. The summed E-state index contributed by atoms with van der Waals surface area (Å²) < 4.78 is 11.1. The molecule has 0 aliphatic heterocycles. The van der Waals surface area contributed by atoms with E-state index in [4.69, 9.17) is 9.47 Å². The molecular formula is C25H32O3. The maximum atomic E-state index is 12.3. The minimum Gasteiger partial charge on any atom is -0.494 e. The number of rotatable bonds is 9. The number of esters is 1. The molecule has 1 fully saturated rings. The largest absolute Gasteiger partial charge is 0.494 e. The molecule has 3 heteroatoms. The second kappa shape index (κ2) is 10.9. The number of hydrogen-bond donors (Lipinski definition) is 0. The third-order valence-electron chi connectivity index (χ3n) is 5.56. The van der Waals surface area contributed by atoms with Crippen molar-refractivity contribution >= 4 is 5.97 Å². The molecule has 0 heterocycles. The Morgan fingerprint density at radius 3 is 2.29 bits per heavy atom. The highest BCUT2D eigenvalue weighted by Crippen LogP contribution is 2.27. The van der Waals surface area contributed by atoms with Gasteiger partial charge in [-0.3, -0.25) is 0 Å². The lowest BCUT2D eigenvalue weighted by Crippen LogP contribution is -2.09. The van der Waals surface area contributed by atoms with Gasteiger partial charge in [0.2, 0.25) is 0 Å². The Labute approximate surface area is 169 Å². The highest BCUT2D eigenvalue weighted by molar-refractivity contribution is 5.91. The first kappa shape index (κ1) is 20.4. The van der Waals surface area contributed by atoms with Gasteiger partial charge in [0.1, 0.15) is 11.5 Å². The molecule has 3 rings (SSSR count). The first-order chi connectivity index (χ1) is 13.7. The van der Waals surface area contributed by atoms with Crippen molar-refractivity contribution in [3.63, 3.8) is 0 Å². The molecule has 28 heavy (non-hydrogen) atoms. The van der Waals surface area contributed by atoms with Crippen LogP contribution in [0.4, 0.5) is 0 Å². The van der Waals surface area contributed by atoms with Crippen LogP contribution in [-0.2, 0) is 6.42 Å². The number of aryl methyl sites for hydroxylation is 1. The molecule has 0 spiro atoms. The van der Waals surface area contributed by atoms with Gasteiger partial charge in [-0.1, -0.05) is 57.6 Å². The minimum absolute atomic E-state index is 0.338. The molecule has 0 aromatic heterocycles. The standard InChI is InChI=1S/C25H32O3/c1-2-3-19-27-23-17-13-22(14-18-23)25(26)28-24-15-11-21(12-16-24)10-9-20-7-5-4-6-8-20/h11-18,20H,2-10,19H2,1H3. The third-order valence-corrected chi connectivity index (χ3v) is 5.56. The van der Waals surface area contributed by atoms with E-state index in [1.54, 1.807) is 12.1 Å². The number of ether oxygens (including phenoxy) is 2. The second-order valence-electron chi connectivity index (χ2n) is 7.80. The number of carbonyl (C=O) groups excluding carboxylic acids is 1. The van der Waals surface area contributed by atoms with Gasteiger partial charge in [-0.25, -0.2) is 4.79 Å². The van der Waals surface area contributed by atoms with E-state index in [1.165, 1.54) is 44.1 Å². The van der Waals surface area contributed by atoms with Crippen LogP contribution in [0.3, 0.4) is 0 Å². The van der Waals surface area contributed by atoms with E-state index in [9.17, 15) is 4.79 Å². The average Bonchev–Trinajstić information content (AvgIpc) is 2.75. The van der Waals surface area contributed by atoms with Crippen LogP contribution in [-0.4, -0.2) is 12.6 Å². The molecule has 0 atom stereocenters. The van der Waals surface area contributed by atoms with Gasteiger partial charge in [0, 0.05) is 0 Å². The Kier molecular flexibility index (Phi) is 7.95. The molecule has 150 valence electrons. The van der Waals surface area contributed by atoms with Gasteiger partial charge in [0.25, 0.3) is 0 Å². The van der Waals surface area contributed by atoms with Crippen molar-refractivity contribution in [2.24, 2.45) is 5.92 Å². The van der Waals surface area contributed by atoms with Gasteiger partial charge in [0.15, 0.2) is 0 Å². The van der Waals surface area contributed by atoms with Crippen LogP contribution in [0.2, 0.25) is 0 Å². The Bertz CT molecular complexity index is 712. The van der Waals surface area contributed by atoms with E-state index in [2.05, 4.69) is 19.1 Å². The van der Waals surface area contributed by atoms with Crippen LogP contribution in [0.25, 0.3) is 0 Å². The number of unbranched alkanes of at least 4 members (excludes halogenated alkanes) is 1. The molecule has 1 aliphatic rings. The van der Waals surface area contributed by atoms with Crippen molar-refractivity contribution in [1.29, 1.82) is 0 Å². The molecule has 0 radical (unpaired) electrons. The summed E-state index contributed by atoms with van der Waals surface area (Å²) in [4.78, 5) is 12.3. The van der Waals surface area contributed by atoms with Gasteiger partial charge in [-0.05, 0) is 67.1 Å². The fourth-order valence-electron chi connectivity index (χ4n) is 3.76. The van der Waals surface area contributed by atoms with Crippen molar-refractivity contribution in [3.05, 3.63) is 59.7 Å². The van der Waals surface area contributed by atoms with E-state index in [0.717, 1.165) is 30.9 Å². The average molecular weight is 381 g/mol. The molecule has 2 aromatic carbocycles. The van der Waals surface area contributed by atoms with Gasteiger partial charge < -0.3 is 9.47 Å². The lowest BCUT2D eigenvalue weighted by molar-refractivity contribution is 0.0734. The van der Waals surface area contributed by atoms with E-state index >= 15 is 0 Å². The van der Waals surface area contributed by atoms with Crippen molar-refractivity contribution in [2.45, 2.75) is 64.7 Å². The van der Waals surface area contributed by atoms with Gasteiger partial charge in [-0.15, -0.1) is 0 Å². The first-order valence-electron chi connectivity index (χ1n) is 10.8. The molecule has 2 aromatic rings. The van der Waals surface area contributed by atoms with Crippen LogP contribution >= 0.6 is 0 Å². The van der Waals surface area contributed by atoms with E-state index in [0.29, 0.717) is 17.9 Å². The smallest absolute Gasteiger partial charge is 0.343 e. The normalized spacial score (nSPS) is 14.6. The van der Waals surface area contributed by atoms with Crippen molar-refractivity contribution in [1.82, 2.24) is 0 Å². The lowest BCUT2D eigenvalue weighted by atomic mass is 9.85. The van der Waals surface area contributed by atoms with E-state index < -0.39 is 0 Å². The summed E-state index contributed by atoms with van der Waals surface area (Å²) in [5, 5.41) is 0. The summed E-state index contributed by atoms with van der Waals surface area (Å²) >= 11 is 0. The summed E-state index contributed by atoms with van der Waals surface area (Å²) in [6.07, 6.45) is 11.5. The fraction of sp³-hybridized carbons (Fsp3) is 0.480. The zero-order chi connectivity index (χ0) is 19.6. The zero-order valence-electron chi connectivity index (χ0n) is 17.0. The molecule has 0 unspecified atom stereocenters. The molecular weight excluding hydrogens is 348 g/mol. The highest BCUT2D eigenvalue weighted by atomic mass is 16.5. The van der Waals surface area contributed by atoms with Crippen LogP contribution in [0.1, 0.15) is 74.2 Å². The van der Waals surface area contributed by atoms with Gasteiger partial charge >= 0.3 is 5.97 Å². The second-order valence-corrected chi connectivity index (χ2v) is 7.80. The quantitative estimate of drug-likeness (QED) is 0.279. The molecule has 0 amide bonds. The number of benzene rings is 2. The minimum atomic E-state index is -0.338. The maximum absolute atomic E-state index is 12.3. The monoisotopic (exact) mass is 380 g/mol. The first-order valence-corrected chi connectivity index (χ1v) is 10.8. The van der Waals surface area contributed by atoms with Crippen molar-refractivity contribution in [2.75, 3.05) is 6.61 Å². The zero-order valence-corrected chi connectivity index (χ0v) is 17.0. The molecule has 0 N–H and O–H groups in total. The highest BCUT2D eigenvalue weighted by Gasteiger charge is 2.13. The predicted molar refractivity (Wildman–Crippen MR) is 113 cm³/mol. The Balaban J connectivity index is 1.47. The summed E-state index contributed by atoms with van der Waals surface area (Å²) in [5.41, 5.74) is 1.85. The predicted octanol–water partition coefficient (Wildman–Crippen LogP) is 6.60. The van der Waals surface area contributed by atoms with Crippen molar-refractivity contribution in [3.8, 4) is 11.5 Å². The van der Waals surface area contributed by atoms with Crippen molar-refractivity contribution < 1.29 is 14.3 Å². The molecule has 3 nitrogen and oxygen atoms in total. The maximum Gasteiger partial charge on any atom is 0.343 e. The molecule has 1 aliphatic carbocycles. The van der Waals surface area contributed by atoms with Crippen LogP contribution in [0.5, 0.6) is 11.5 Å². The van der Waals surface area contributed by atoms with E-state index in [1.807, 2.05) is 24.3 Å². The third kappa shape index (κ3) is 6.40. The van der Waals surface area contributed by atoms with Crippen LogP contribution < -0.4 is 9.47 Å². The summed E-state index contributed by atoms with van der Waals surface area (Å²) in [7, 11) is 0. The van der Waals surface area contributed by atoms with E-state index in [-0.39, 0.29) is 5.97 Å². The Morgan fingerprint density at radius 2 is 1.61 bits per heavy atom. The molecule has 1 saturated carbocycles. The summed E-state index contributed by atoms with van der Waals surface area (Å²) in [6.45, 7) is 2.83. The Hall–Kier alpha value is -2.29. The van der Waals surface area contributed by atoms with Gasteiger partial charge in [-0.2, -0.15) is 0 Å². The summed E-state index contributed by atoms with van der Waals surface area (Å²) in [6, 6.07) is 15.1. The topological polar surface area (TPSA) is 35.5 Å². The van der Waals surface area contributed by atoms with Crippen LogP contribution in [0.15, 0.2) is 48.5 Å². The molecule has 0 bridgehead atoms.